The quantitative estimate of drug-likeness (QED) is 0.0514. The minimum atomic E-state index is -1.12. The molecular weight excluding hydrogens is 1750 g/mol. The highest BCUT2D eigenvalue weighted by atomic mass is 16.2. The summed E-state index contributed by atoms with van der Waals surface area (Å²) in [6.07, 6.45) is 41.1. The summed E-state index contributed by atoms with van der Waals surface area (Å²) in [5.74, 6) is -2.51. The van der Waals surface area contributed by atoms with Crippen LogP contribution in [0.2, 0.25) is 0 Å². The molecule has 0 heterocycles. The lowest BCUT2D eigenvalue weighted by Gasteiger charge is -2.41. The summed E-state index contributed by atoms with van der Waals surface area (Å²) in [7, 11) is 0. The number of carbonyl (C=O) groups is 15. The van der Waals surface area contributed by atoms with Gasteiger partial charge in [-0.25, -0.2) is 0 Å². The van der Waals surface area contributed by atoms with Crippen molar-refractivity contribution in [3.63, 3.8) is 0 Å². The van der Waals surface area contributed by atoms with Gasteiger partial charge in [-0.2, -0.15) is 0 Å². The van der Waals surface area contributed by atoms with Crippen LogP contribution in [0.25, 0.3) is 0 Å². The largest absolute Gasteiger partial charge is 0.300 e. The predicted molar refractivity (Wildman–Crippen MR) is 571 cm³/mol. The van der Waals surface area contributed by atoms with E-state index in [9.17, 15) is 33.6 Å². The van der Waals surface area contributed by atoms with Crippen LogP contribution < -0.4 is 0 Å². The van der Waals surface area contributed by atoms with Gasteiger partial charge in [-0.3, -0.25) is 62.3 Å². The molecule has 802 valence electrons. The summed E-state index contributed by atoms with van der Waals surface area (Å²) < 4.78 is 0. The molecule has 2 bridgehead atoms. The average molecular weight is 1960 g/mol. The lowest BCUT2D eigenvalue weighted by molar-refractivity contribution is -0.141. The van der Waals surface area contributed by atoms with E-state index < -0.39 is 52.8 Å². The molecule has 9 saturated carbocycles. The molecule has 141 heavy (non-hydrogen) atoms. The fraction of sp³-hybridized carbons (Fsp3) is 0.881. The first kappa shape index (κ1) is 121. The first-order valence-electron chi connectivity index (χ1n) is 59.5. The van der Waals surface area contributed by atoms with Gasteiger partial charge in [0.05, 0.1) is 0 Å². The molecule has 20 atom stereocenters. The minimum Gasteiger partial charge on any atom is -0.300 e. The van der Waals surface area contributed by atoms with Gasteiger partial charge in [0.25, 0.3) is 0 Å². The van der Waals surface area contributed by atoms with Crippen molar-refractivity contribution in [2.24, 2.45) is 176 Å². The molecule has 9 aliphatic rings. The number of hydrogen-bond acceptors (Lipinski definition) is 15. The van der Waals surface area contributed by atoms with E-state index in [0.717, 1.165) is 167 Å². The average Bonchev–Trinajstić information content (AvgIpc) is 1.33. The van der Waals surface area contributed by atoms with Crippen LogP contribution in [0.1, 0.15) is 530 Å². The third kappa shape index (κ3) is 41.1. The van der Waals surface area contributed by atoms with Crippen molar-refractivity contribution in [1.82, 2.24) is 0 Å². The number of unbranched alkanes of at least 4 members (excludes halogenated alkanes) is 2. The Balaban J connectivity index is 1.08. The molecule has 14 unspecified atom stereocenters. The van der Waals surface area contributed by atoms with Crippen LogP contribution in [0, 0.1) is 176 Å². The molecule has 0 radical (unpaired) electrons. The van der Waals surface area contributed by atoms with Crippen LogP contribution >= 0.6 is 0 Å². The molecule has 0 aliphatic heterocycles. The number of rotatable bonds is 45. The molecule has 0 aromatic heterocycles. The number of hydrogen-bond donors (Lipinski definition) is 0. The van der Waals surface area contributed by atoms with Gasteiger partial charge >= 0.3 is 0 Å². The Morgan fingerprint density at radius 1 is 0.426 bits per heavy atom. The van der Waals surface area contributed by atoms with E-state index >= 15 is 38.4 Å². The van der Waals surface area contributed by atoms with Crippen LogP contribution in [0.15, 0.2) is 0 Å². The third-order valence-electron chi connectivity index (χ3n) is 38.5. The Kier molecular flexibility index (Phi) is 51.6. The van der Waals surface area contributed by atoms with E-state index in [2.05, 4.69) is 76.2 Å². The second-order valence-corrected chi connectivity index (χ2v) is 53.4. The molecule has 0 saturated heterocycles. The van der Waals surface area contributed by atoms with Crippen LogP contribution in [0.4, 0.5) is 0 Å². The molecule has 0 aromatic rings. The van der Waals surface area contributed by atoms with E-state index in [0.29, 0.717) is 137 Å². The topological polar surface area (TPSA) is 256 Å². The Labute approximate surface area is 859 Å². The minimum absolute atomic E-state index is 0.0132. The summed E-state index contributed by atoms with van der Waals surface area (Å²) in [5.41, 5.74) is -1.27. The number of fused-ring (bicyclic) bond motifs is 31. The van der Waals surface area contributed by atoms with Gasteiger partial charge in [0.2, 0.25) is 0 Å². The fourth-order valence-electron chi connectivity index (χ4n) is 28.7. The maximum atomic E-state index is 16.2. The zero-order valence-electron chi connectivity index (χ0n) is 93.6. The maximum Gasteiger partial charge on any atom is 0.140 e. The Morgan fingerprint density at radius 2 is 1.06 bits per heavy atom. The second-order valence-electron chi connectivity index (χ2n) is 53.4. The predicted octanol–water partition coefficient (Wildman–Crippen LogP) is 30.8. The second kappa shape index (κ2) is 60.0. The highest BCUT2D eigenvalue weighted by molar-refractivity contribution is 5.99. The summed E-state index contributed by atoms with van der Waals surface area (Å²) in [6.45, 7) is 39.0. The van der Waals surface area contributed by atoms with Crippen molar-refractivity contribution in [2.45, 2.75) is 530 Å². The fourth-order valence-corrected chi connectivity index (χ4v) is 28.7. The highest BCUT2D eigenvalue weighted by Gasteiger charge is 2.49. The molecule has 15 heteroatoms. The van der Waals surface area contributed by atoms with Crippen molar-refractivity contribution >= 4 is 86.7 Å². The molecule has 0 N–H and O–H groups in total. The number of Topliss-reactive ketones (excluding diaryl/α,β-unsaturated/α-hetero) is 15. The standard InChI is InChI=1S/C126H208O15/c1-82(2)58-62-125(18,19)91(14)115(133)76-101-55-57-113(131)88(11)36-33-40-92-47-49-94(50-48-92)67-104(74-108(130)44-29-28-43-107(129)70-95(39-25-21-30-59-124(15,16)17)71-116(134)106(73-100-54-56-109-87(10)35-34-45-110(100)109)75-111(83(3)4)123(141)112(84(5)6)80-120(101)138)119(137)78-105(69-96-51-53-98-41-26-27-42-99(98)68-96)121(139)81-126(60-31-22-32-61-126)122(140)79-102(52-46-89(12)127)118(136)77-103(65-90(13)128)117(135)72-97(66-93-37-23-20-24-38-93)63-86(9)64-114(132)85(7)8/h82-88,91-106,109-112H,20-81H2,1-19H3/t86?,87?,88?,91-,92?,94?,95+,96?,97-,98?,99?,100?,101?,102-,103?,104?,105?,106-,109?,110?,111?,112+/m1/s1. The zero-order valence-corrected chi connectivity index (χ0v) is 93.6. The molecule has 9 rings (SSSR count). The Hall–Kier alpha value is -4.95. The first-order valence-corrected chi connectivity index (χ1v) is 59.5. The highest BCUT2D eigenvalue weighted by Crippen LogP contribution is 2.54. The lowest BCUT2D eigenvalue weighted by atomic mass is 9.63. The van der Waals surface area contributed by atoms with Crippen LogP contribution in [-0.4, -0.2) is 86.7 Å². The number of carbonyl (C=O) groups excluding carboxylic acids is 15. The van der Waals surface area contributed by atoms with Gasteiger partial charge in [0.15, 0.2) is 0 Å². The van der Waals surface area contributed by atoms with E-state index in [1.165, 1.54) is 52.4 Å². The van der Waals surface area contributed by atoms with Crippen LogP contribution in [0.3, 0.4) is 0 Å². The molecule has 9 fully saturated rings. The first-order chi connectivity index (χ1) is 66.7. The number of ketones is 15. The van der Waals surface area contributed by atoms with E-state index in [-0.39, 0.29) is 266 Å². The molecular formula is C126H208O15. The van der Waals surface area contributed by atoms with Crippen molar-refractivity contribution in [1.29, 1.82) is 0 Å². The summed E-state index contributed by atoms with van der Waals surface area (Å²) in [6, 6.07) is 0. The molecule has 0 amide bonds. The van der Waals surface area contributed by atoms with Crippen molar-refractivity contribution < 1.29 is 71.9 Å². The van der Waals surface area contributed by atoms with E-state index in [1.54, 1.807) is 0 Å². The zero-order chi connectivity index (χ0) is 104. The smallest absolute Gasteiger partial charge is 0.140 e. The summed E-state index contributed by atoms with van der Waals surface area (Å²) in [4.78, 5) is 224. The van der Waals surface area contributed by atoms with Gasteiger partial charge in [-0.15, -0.1) is 0 Å². The van der Waals surface area contributed by atoms with E-state index in [4.69, 9.17) is 0 Å². The van der Waals surface area contributed by atoms with Gasteiger partial charge in [-0.05, 0) is 254 Å². The molecule has 0 aromatic carbocycles. The maximum absolute atomic E-state index is 16.2. The van der Waals surface area contributed by atoms with Gasteiger partial charge in [0.1, 0.15) is 86.7 Å². The van der Waals surface area contributed by atoms with Gasteiger partial charge in [0, 0.05) is 173 Å². The normalized spacial score (nSPS) is 29.1. The Bertz CT molecular complexity index is 3970. The van der Waals surface area contributed by atoms with Crippen LogP contribution in [-0.2, 0) is 71.9 Å². The van der Waals surface area contributed by atoms with Crippen molar-refractivity contribution in [3.8, 4) is 0 Å². The van der Waals surface area contributed by atoms with E-state index in [1.807, 2.05) is 41.5 Å². The third-order valence-corrected chi connectivity index (χ3v) is 38.5. The Morgan fingerprint density at radius 3 is 1.70 bits per heavy atom. The molecule has 9 aliphatic carbocycles. The van der Waals surface area contributed by atoms with Gasteiger partial charge < -0.3 is 9.59 Å². The van der Waals surface area contributed by atoms with Crippen molar-refractivity contribution in [2.75, 3.05) is 0 Å². The van der Waals surface area contributed by atoms with Gasteiger partial charge in [-0.1, -0.05) is 278 Å². The lowest BCUT2D eigenvalue weighted by Crippen LogP contribution is -2.40. The molecule has 0 spiro atoms. The van der Waals surface area contributed by atoms with Crippen LogP contribution in [0.5, 0.6) is 0 Å². The summed E-state index contributed by atoms with van der Waals surface area (Å²) >= 11 is 0. The SMILES string of the molecule is CC(=O)CC[C@H](CC(=O)C1(CC(=O)C(CC(=O)C2CC(=O)CCCCC(=O)C[C@H](CCCCCC(C)(C)C)CC(=O)[C@H](CC3CCC4C(C)CCCC34)CC(C(C)C)C(=O)[C@H](C(C)C)CC(=O)C(CC(=O)[C@@H](C)C(C)(C)CCC(C)C)CCC(=O)C(C)CCCC3CCC(CC3)C2)CC2CCC3CCCCC3C2)CCCCC1)C(=O)CC(CC(C)=O)C(=O)C[C@H](CC(C)CC(=O)C(C)C)CC1CCCCC1. The molecule has 15 nitrogen and oxygen atoms in total. The van der Waals surface area contributed by atoms with Crippen molar-refractivity contribution in [3.05, 3.63) is 0 Å². The summed E-state index contributed by atoms with van der Waals surface area (Å²) in [5, 5.41) is 0. The monoisotopic (exact) mass is 1960 g/mol.